The standard InChI is InChI=1S/C25H10F5O2P/c26-19-20(27)22(29)25(23(30)21(19)28)33(32)15-8-4-3-7-14(15)17-16(33)10-9-12-11-5-1-2-6-13(11)24(31)18(12)17/h1-10H. The smallest absolute Gasteiger partial charge is 0.200 e. The maximum absolute atomic E-state index is 14.9. The molecule has 0 amide bonds. The van der Waals surface area contributed by atoms with Crippen LogP contribution in [-0.2, 0) is 4.57 Å². The lowest BCUT2D eigenvalue weighted by molar-refractivity contribution is 0.104. The third kappa shape index (κ3) is 2.28. The van der Waals surface area contributed by atoms with E-state index in [9.17, 15) is 31.3 Å². The molecule has 1 heterocycles. The first-order chi connectivity index (χ1) is 15.8. The van der Waals surface area contributed by atoms with Crippen LogP contribution in [0.25, 0.3) is 22.3 Å². The Morgan fingerprint density at radius 1 is 0.515 bits per heavy atom. The number of hydrogen-bond acceptors (Lipinski definition) is 2. The van der Waals surface area contributed by atoms with Crippen molar-refractivity contribution in [1.82, 2.24) is 0 Å². The van der Waals surface area contributed by atoms with Crippen molar-refractivity contribution in [3.05, 3.63) is 101 Å². The Kier molecular flexibility index (Phi) is 3.94. The Morgan fingerprint density at radius 2 is 1.06 bits per heavy atom. The Morgan fingerprint density at radius 3 is 1.73 bits per heavy atom. The number of benzene rings is 4. The molecule has 1 aliphatic heterocycles. The lowest BCUT2D eigenvalue weighted by Gasteiger charge is -2.18. The highest BCUT2D eigenvalue weighted by molar-refractivity contribution is 7.86. The number of rotatable bonds is 1. The molecule has 4 aromatic carbocycles. The molecule has 1 atom stereocenters. The lowest BCUT2D eigenvalue weighted by atomic mass is 9.95. The summed E-state index contributed by atoms with van der Waals surface area (Å²) in [7, 11) is -4.55. The number of ketones is 1. The first kappa shape index (κ1) is 20.1. The molecule has 2 nitrogen and oxygen atoms in total. The van der Waals surface area contributed by atoms with Crippen LogP contribution in [0.3, 0.4) is 0 Å². The van der Waals surface area contributed by atoms with Gasteiger partial charge in [-0.25, -0.2) is 22.0 Å². The van der Waals surface area contributed by atoms with Crippen molar-refractivity contribution in [3.8, 4) is 22.3 Å². The molecular weight excluding hydrogens is 458 g/mol. The summed E-state index contributed by atoms with van der Waals surface area (Å²) in [5.41, 5.74) is 2.26. The Hall–Kier alpha value is -3.57. The van der Waals surface area contributed by atoms with Crippen molar-refractivity contribution in [1.29, 1.82) is 0 Å². The average Bonchev–Trinajstić information content (AvgIpc) is 3.27. The molecule has 162 valence electrons. The molecule has 0 radical (unpaired) electrons. The van der Waals surface area contributed by atoms with Crippen molar-refractivity contribution in [2.24, 2.45) is 0 Å². The summed E-state index contributed by atoms with van der Waals surface area (Å²) in [5.74, 6) is -11.3. The van der Waals surface area contributed by atoms with E-state index in [0.29, 0.717) is 16.7 Å². The fourth-order valence-electron chi connectivity index (χ4n) is 4.84. The van der Waals surface area contributed by atoms with Crippen LogP contribution < -0.4 is 15.9 Å². The zero-order chi connectivity index (χ0) is 23.2. The van der Waals surface area contributed by atoms with Gasteiger partial charge in [0.25, 0.3) is 0 Å². The van der Waals surface area contributed by atoms with Crippen LogP contribution in [0, 0.1) is 29.1 Å². The highest BCUT2D eigenvalue weighted by atomic mass is 31.2. The topological polar surface area (TPSA) is 34.1 Å². The van der Waals surface area contributed by atoms with Crippen LogP contribution >= 0.6 is 7.14 Å². The van der Waals surface area contributed by atoms with E-state index >= 15 is 0 Å². The van der Waals surface area contributed by atoms with Gasteiger partial charge in [0.15, 0.2) is 36.2 Å². The molecule has 6 rings (SSSR count). The van der Waals surface area contributed by atoms with E-state index < -0.39 is 41.5 Å². The Bertz CT molecular complexity index is 1600. The molecular formula is C25H10F5O2P. The van der Waals surface area contributed by atoms with E-state index in [1.54, 1.807) is 30.3 Å². The van der Waals surface area contributed by atoms with Gasteiger partial charge >= 0.3 is 0 Å². The molecule has 0 saturated carbocycles. The van der Waals surface area contributed by atoms with Crippen molar-refractivity contribution in [3.63, 3.8) is 0 Å². The maximum atomic E-state index is 14.9. The highest BCUT2D eigenvalue weighted by Crippen LogP contribution is 2.56. The van der Waals surface area contributed by atoms with Crippen molar-refractivity contribution in [2.75, 3.05) is 0 Å². The quantitative estimate of drug-likeness (QED) is 0.144. The van der Waals surface area contributed by atoms with Gasteiger partial charge in [0, 0.05) is 27.3 Å². The van der Waals surface area contributed by atoms with Crippen LogP contribution in [0.5, 0.6) is 0 Å². The fourth-order valence-corrected chi connectivity index (χ4v) is 7.98. The van der Waals surface area contributed by atoms with Crippen LogP contribution in [0.4, 0.5) is 22.0 Å². The molecule has 0 bridgehead atoms. The van der Waals surface area contributed by atoms with Crippen LogP contribution in [0.1, 0.15) is 15.9 Å². The van der Waals surface area contributed by atoms with Gasteiger partial charge in [0.1, 0.15) is 0 Å². The van der Waals surface area contributed by atoms with Gasteiger partial charge in [0.2, 0.25) is 5.82 Å². The van der Waals surface area contributed by atoms with Crippen LogP contribution in [-0.4, -0.2) is 5.78 Å². The molecule has 1 aliphatic carbocycles. The summed E-state index contributed by atoms with van der Waals surface area (Å²) in [5, 5.41) is -1.60. The van der Waals surface area contributed by atoms with Gasteiger partial charge in [-0.2, -0.15) is 0 Å². The predicted octanol–water partition coefficient (Wildman–Crippen LogP) is 5.21. The second-order valence-electron chi connectivity index (χ2n) is 7.80. The molecule has 0 spiro atoms. The molecule has 0 saturated heterocycles. The van der Waals surface area contributed by atoms with Crippen LogP contribution in [0.15, 0.2) is 60.7 Å². The zero-order valence-electron chi connectivity index (χ0n) is 16.4. The molecule has 0 N–H and O–H groups in total. The number of hydrogen-bond donors (Lipinski definition) is 0. The molecule has 0 fully saturated rings. The maximum Gasteiger partial charge on any atom is 0.200 e. The number of fused-ring (bicyclic) bond motifs is 7. The van der Waals surface area contributed by atoms with Crippen molar-refractivity contribution in [2.45, 2.75) is 0 Å². The second-order valence-corrected chi connectivity index (χ2v) is 10.4. The Labute approximate surface area is 183 Å². The highest BCUT2D eigenvalue weighted by Gasteiger charge is 2.48. The molecule has 33 heavy (non-hydrogen) atoms. The summed E-state index contributed by atoms with van der Waals surface area (Å²) in [4.78, 5) is 13.3. The predicted molar refractivity (Wildman–Crippen MR) is 113 cm³/mol. The molecule has 0 aromatic heterocycles. The van der Waals surface area contributed by atoms with Gasteiger partial charge in [-0.1, -0.05) is 54.6 Å². The van der Waals surface area contributed by atoms with Crippen LogP contribution in [0.2, 0.25) is 0 Å². The summed E-state index contributed by atoms with van der Waals surface area (Å²) < 4.78 is 86.2. The third-order valence-corrected chi connectivity index (χ3v) is 9.37. The summed E-state index contributed by atoms with van der Waals surface area (Å²) in [6.07, 6.45) is 0. The molecule has 8 heteroatoms. The average molecular weight is 468 g/mol. The van der Waals surface area contributed by atoms with Gasteiger partial charge in [-0.3, -0.25) is 4.79 Å². The summed E-state index contributed by atoms with van der Waals surface area (Å²) in [6.45, 7) is 0. The van der Waals surface area contributed by atoms with Gasteiger partial charge in [-0.05, 0) is 22.8 Å². The van der Waals surface area contributed by atoms with E-state index in [0.717, 1.165) is 0 Å². The van der Waals surface area contributed by atoms with E-state index in [1.165, 1.54) is 30.3 Å². The van der Waals surface area contributed by atoms with E-state index in [4.69, 9.17) is 0 Å². The van der Waals surface area contributed by atoms with Gasteiger partial charge in [0.05, 0.1) is 5.30 Å². The van der Waals surface area contributed by atoms with Crippen molar-refractivity contribution < 1.29 is 31.3 Å². The zero-order valence-corrected chi connectivity index (χ0v) is 17.3. The van der Waals surface area contributed by atoms with Gasteiger partial charge in [-0.15, -0.1) is 0 Å². The normalized spacial score (nSPS) is 17.5. The lowest BCUT2D eigenvalue weighted by Crippen LogP contribution is -2.29. The monoisotopic (exact) mass is 468 g/mol. The van der Waals surface area contributed by atoms with E-state index in [1.807, 2.05) is 0 Å². The number of carbonyl (C=O) groups excluding carboxylic acids is 1. The fraction of sp³-hybridized carbons (Fsp3) is 0. The second kappa shape index (κ2) is 6.49. The molecule has 1 unspecified atom stereocenters. The minimum atomic E-state index is -4.55. The minimum Gasteiger partial charge on any atom is -0.308 e. The SMILES string of the molecule is O=C1c2ccccc2-c2ccc3c(c21)-c1ccccc1P3(=O)c1c(F)c(F)c(F)c(F)c1F. The third-order valence-electron chi connectivity index (χ3n) is 6.23. The number of halogens is 5. The minimum absolute atomic E-state index is 0.0830. The van der Waals surface area contributed by atoms with E-state index in [-0.39, 0.29) is 33.1 Å². The van der Waals surface area contributed by atoms with E-state index in [2.05, 4.69) is 0 Å². The summed E-state index contributed by atoms with van der Waals surface area (Å²) in [6, 6.07) is 15.6. The first-order valence-electron chi connectivity index (χ1n) is 9.82. The molecule has 2 aliphatic rings. The molecule has 4 aromatic rings. The van der Waals surface area contributed by atoms with Gasteiger partial charge < -0.3 is 4.57 Å². The summed E-state index contributed by atoms with van der Waals surface area (Å²) >= 11 is 0. The van der Waals surface area contributed by atoms with Crippen molar-refractivity contribution >= 4 is 28.8 Å². The number of carbonyl (C=O) groups is 1. The Balaban J connectivity index is 1.77. The largest absolute Gasteiger partial charge is 0.308 e. The first-order valence-corrected chi connectivity index (χ1v) is 11.5.